The molecule has 5 heteroatoms. The number of hydrogen-bond acceptors (Lipinski definition) is 4. The van der Waals surface area contributed by atoms with Gasteiger partial charge in [-0.25, -0.2) is 0 Å². The molecule has 0 saturated carbocycles. The second-order valence-electron chi connectivity index (χ2n) is 2.06. The van der Waals surface area contributed by atoms with Gasteiger partial charge in [-0.1, -0.05) is 19.1 Å². The van der Waals surface area contributed by atoms with Crippen molar-refractivity contribution in [2.75, 3.05) is 6.61 Å². The van der Waals surface area contributed by atoms with E-state index in [9.17, 15) is 0 Å². The maximum Gasteiger partial charge on any atom is 0.205 e. The lowest BCUT2D eigenvalue weighted by molar-refractivity contribution is 0.209. The molecule has 0 saturated heterocycles. The van der Waals surface area contributed by atoms with Crippen LogP contribution >= 0.6 is 12.2 Å². The largest absolute Gasteiger partial charge is 0.478 e. The van der Waals surface area contributed by atoms with E-state index < -0.39 is 0 Å². The molecular formula is C7H11N3OS. The van der Waals surface area contributed by atoms with Crippen molar-refractivity contribution in [1.29, 1.82) is 5.26 Å². The van der Waals surface area contributed by atoms with Crippen LogP contribution in [0.1, 0.15) is 13.3 Å². The Bertz CT molecular complexity index is 242. The summed E-state index contributed by atoms with van der Waals surface area (Å²) in [4.78, 5) is -0.0360. The van der Waals surface area contributed by atoms with Crippen LogP contribution in [0.3, 0.4) is 0 Å². The van der Waals surface area contributed by atoms with E-state index >= 15 is 0 Å². The van der Waals surface area contributed by atoms with Crippen molar-refractivity contribution in [2.24, 2.45) is 11.5 Å². The standard InChI is InChI=1S/C7H11N3OS/c1-2-3-11-6(9)5(4-8)7(10)12/h2-3,9H2,1H3,(H2,10,12). The van der Waals surface area contributed by atoms with Gasteiger partial charge < -0.3 is 16.2 Å². The first-order valence-corrected chi connectivity index (χ1v) is 3.86. The van der Waals surface area contributed by atoms with Gasteiger partial charge in [-0.05, 0) is 6.42 Å². The number of nitrogens with two attached hydrogens (primary N) is 2. The molecule has 0 aromatic heterocycles. The smallest absolute Gasteiger partial charge is 0.205 e. The number of ether oxygens (including phenoxy) is 1. The summed E-state index contributed by atoms with van der Waals surface area (Å²) in [5.74, 6) is 0.00634. The summed E-state index contributed by atoms with van der Waals surface area (Å²) in [5.41, 5.74) is 10.6. The zero-order valence-corrected chi connectivity index (χ0v) is 7.65. The average Bonchev–Trinajstić information content (AvgIpc) is 2.01. The van der Waals surface area contributed by atoms with Crippen molar-refractivity contribution < 1.29 is 4.74 Å². The van der Waals surface area contributed by atoms with Gasteiger partial charge in [0.25, 0.3) is 0 Å². The lowest BCUT2D eigenvalue weighted by atomic mass is 10.3. The summed E-state index contributed by atoms with van der Waals surface area (Å²) < 4.78 is 4.97. The van der Waals surface area contributed by atoms with E-state index in [4.69, 9.17) is 21.5 Å². The minimum Gasteiger partial charge on any atom is -0.478 e. The van der Waals surface area contributed by atoms with Crippen LogP contribution in [-0.4, -0.2) is 11.6 Å². The molecule has 0 bridgehead atoms. The number of rotatable bonds is 4. The third kappa shape index (κ3) is 3.21. The third-order valence-electron chi connectivity index (χ3n) is 1.07. The molecule has 4 nitrogen and oxygen atoms in total. The Balaban J connectivity index is 4.42. The van der Waals surface area contributed by atoms with Crippen LogP contribution < -0.4 is 11.5 Å². The Morgan fingerprint density at radius 2 is 2.17 bits per heavy atom. The van der Waals surface area contributed by atoms with Gasteiger partial charge in [-0.2, -0.15) is 5.26 Å². The minimum absolute atomic E-state index is 0.00634. The Morgan fingerprint density at radius 1 is 1.58 bits per heavy atom. The van der Waals surface area contributed by atoms with E-state index in [2.05, 4.69) is 12.2 Å². The van der Waals surface area contributed by atoms with Gasteiger partial charge in [-0.3, -0.25) is 0 Å². The van der Waals surface area contributed by atoms with Gasteiger partial charge in [0.15, 0.2) is 0 Å². The van der Waals surface area contributed by atoms with E-state index in [1.807, 2.05) is 6.92 Å². The van der Waals surface area contributed by atoms with Crippen molar-refractivity contribution in [3.05, 3.63) is 11.5 Å². The molecule has 0 fully saturated rings. The SMILES string of the molecule is CCCOC(N)=C(C#N)C(N)=S. The first-order chi connectivity index (χ1) is 5.63. The quantitative estimate of drug-likeness (QED) is 0.286. The molecule has 0 aromatic rings. The molecule has 4 N–H and O–H groups in total. The summed E-state index contributed by atoms with van der Waals surface area (Å²) in [5, 5.41) is 8.53. The maximum absolute atomic E-state index is 8.53. The topological polar surface area (TPSA) is 85.1 Å². The first kappa shape index (κ1) is 10.7. The summed E-state index contributed by atoms with van der Waals surface area (Å²) in [6.45, 7) is 2.39. The maximum atomic E-state index is 8.53. The van der Waals surface area contributed by atoms with Crippen LogP contribution in [0.4, 0.5) is 0 Å². The Hall–Kier alpha value is -1.28. The first-order valence-electron chi connectivity index (χ1n) is 3.45. The van der Waals surface area contributed by atoms with E-state index in [0.29, 0.717) is 6.61 Å². The predicted octanol–water partition coefficient (Wildman–Crippen LogP) is 0.393. The van der Waals surface area contributed by atoms with Gasteiger partial charge in [0.2, 0.25) is 5.88 Å². The Kier molecular flexibility index (Phi) is 4.81. The molecule has 0 aliphatic heterocycles. The summed E-state index contributed by atoms with van der Waals surface area (Å²) in [6.07, 6.45) is 0.816. The molecule has 0 aromatic carbocycles. The zero-order valence-electron chi connectivity index (χ0n) is 6.83. The van der Waals surface area contributed by atoms with Crippen molar-refractivity contribution in [3.8, 4) is 6.07 Å². The molecule has 0 aliphatic rings. The molecule has 0 amide bonds. The van der Waals surface area contributed by atoms with Crippen LogP contribution in [0.15, 0.2) is 11.5 Å². The Morgan fingerprint density at radius 3 is 2.50 bits per heavy atom. The average molecular weight is 185 g/mol. The lowest BCUT2D eigenvalue weighted by Crippen LogP contribution is -2.17. The number of nitriles is 1. The number of thiocarbonyl (C=S) groups is 1. The second kappa shape index (κ2) is 5.38. The van der Waals surface area contributed by atoms with Crippen LogP contribution in [0.25, 0.3) is 0 Å². The summed E-state index contributed by atoms with van der Waals surface area (Å²) in [7, 11) is 0. The predicted molar refractivity (Wildman–Crippen MR) is 49.9 cm³/mol. The summed E-state index contributed by atoms with van der Waals surface area (Å²) in [6, 6.07) is 1.77. The fourth-order valence-electron chi connectivity index (χ4n) is 0.516. The van der Waals surface area contributed by atoms with E-state index in [1.165, 1.54) is 0 Å². The van der Waals surface area contributed by atoms with Gasteiger partial charge >= 0.3 is 0 Å². The fraction of sp³-hybridized carbons (Fsp3) is 0.429. The highest BCUT2D eigenvalue weighted by atomic mass is 32.1. The van der Waals surface area contributed by atoms with Crippen molar-refractivity contribution in [1.82, 2.24) is 0 Å². The van der Waals surface area contributed by atoms with Crippen LogP contribution in [0.5, 0.6) is 0 Å². The van der Waals surface area contributed by atoms with Crippen molar-refractivity contribution in [3.63, 3.8) is 0 Å². The second-order valence-corrected chi connectivity index (χ2v) is 2.50. The van der Waals surface area contributed by atoms with E-state index in [-0.39, 0.29) is 16.4 Å². The molecule has 12 heavy (non-hydrogen) atoms. The van der Waals surface area contributed by atoms with Gasteiger partial charge in [0.1, 0.15) is 16.6 Å². The molecule has 0 radical (unpaired) electrons. The van der Waals surface area contributed by atoms with E-state index in [1.54, 1.807) is 6.07 Å². The monoisotopic (exact) mass is 185 g/mol. The third-order valence-corrected chi connectivity index (χ3v) is 1.27. The highest BCUT2D eigenvalue weighted by molar-refractivity contribution is 7.80. The van der Waals surface area contributed by atoms with Crippen LogP contribution in [0.2, 0.25) is 0 Å². The number of hydrogen-bond donors (Lipinski definition) is 2. The van der Waals surface area contributed by atoms with Gasteiger partial charge in [0.05, 0.1) is 6.61 Å². The Labute approximate surface area is 76.8 Å². The van der Waals surface area contributed by atoms with Crippen LogP contribution in [0, 0.1) is 11.3 Å². The van der Waals surface area contributed by atoms with Gasteiger partial charge in [0, 0.05) is 0 Å². The molecule has 0 unspecified atom stereocenters. The van der Waals surface area contributed by atoms with E-state index in [0.717, 1.165) is 6.42 Å². The summed E-state index contributed by atoms with van der Waals surface area (Å²) >= 11 is 4.58. The number of nitrogens with zero attached hydrogens (tertiary/aromatic N) is 1. The molecule has 0 heterocycles. The molecule has 66 valence electrons. The zero-order chi connectivity index (χ0) is 9.56. The normalized spacial score (nSPS) is 11.3. The minimum atomic E-state index is -0.0360. The van der Waals surface area contributed by atoms with Crippen molar-refractivity contribution >= 4 is 17.2 Å². The highest BCUT2D eigenvalue weighted by Crippen LogP contribution is 2.00. The molecule has 0 aliphatic carbocycles. The lowest BCUT2D eigenvalue weighted by Gasteiger charge is -2.05. The van der Waals surface area contributed by atoms with Gasteiger partial charge in [-0.15, -0.1) is 0 Å². The molecule has 0 spiro atoms. The van der Waals surface area contributed by atoms with Crippen LogP contribution in [-0.2, 0) is 4.74 Å². The molecule has 0 rings (SSSR count). The van der Waals surface area contributed by atoms with Crippen molar-refractivity contribution in [2.45, 2.75) is 13.3 Å². The molecular weight excluding hydrogens is 174 g/mol. The molecule has 0 atom stereocenters. The fourth-order valence-corrected chi connectivity index (χ4v) is 0.662. The highest BCUT2D eigenvalue weighted by Gasteiger charge is 2.06.